The van der Waals surface area contributed by atoms with Crippen LogP contribution in [0.3, 0.4) is 0 Å². The maximum atomic E-state index is 13.7. The van der Waals surface area contributed by atoms with Crippen LogP contribution in [0.15, 0.2) is 23.1 Å². The van der Waals surface area contributed by atoms with E-state index in [0.717, 1.165) is 4.90 Å². The van der Waals surface area contributed by atoms with Crippen molar-refractivity contribution in [1.82, 2.24) is 9.62 Å². The van der Waals surface area contributed by atoms with Crippen molar-refractivity contribution in [2.45, 2.75) is 17.5 Å². The molecule has 0 radical (unpaired) electrons. The van der Waals surface area contributed by atoms with Crippen LogP contribution in [-0.2, 0) is 25.8 Å². The Morgan fingerprint density at radius 1 is 1.35 bits per heavy atom. The summed E-state index contributed by atoms with van der Waals surface area (Å²) in [7, 11) is -4.59. The molecule has 1 aromatic rings. The van der Waals surface area contributed by atoms with Crippen molar-refractivity contribution in [3.05, 3.63) is 29.6 Å². The second-order valence-electron chi connectivity index (χ2n) is 5.62. The molecule has 12 heteroatoms. The van der Waals surface area contributed by atoms with Crippen molar-refractivity contribution in [3.8, 4) is 0 Å². The van der Waals surface area contributed by atoms with E-state index >= 15 is 0 Å². The smallest absolute Gasteiger partial charge is 0.416 e. The lowest BCUT2D eigenvalue weighted by molar-refractivity contribution is -0.141. The minimum Gasteiger partial charge on any atom is -0.481 e. The molecule has 1 aliphatic rings. The van der Waals surface area contributed by atoms with Gasteiger partial charge in [-0.15, -0.1) is 0 Å². The van der Waals surface area contributed by atoms with Gasteiger partial charge >= 0.3 is 12.1 Å². The van der Waals surface area contributed by atoms with Gasteiger partial charge in [0.15, 0.2) is 0 Å². The quantitative estimate of drug-likeness (QED) is 0.698. The normalized spacial score (nSPS) is 18.4. The third-order valence-corrected chi connectivity index (χ3v) is 5.26. The van der Waals surface area contributed by atoms with Crippen LogP contribution in [0.1, 0.15) is 12.0 Å². The number of nitrogens with zero attached hydrogens (tertiary/aromatic N) is 1. The molecule has 1 saturated heterocycles. The van der Waals surface area contributed by atoms with Crippen molar-refractivity contribution in [1.29, 1.82) is 0 Å². The summed E-state index contributed by atoms with van der Waals surface area (Å²) in [6.45, 7) is -0.702. The highest BCUT2D eigenvalue weighted by atomic mass is 32.2. The number of benzene rings is 1. The number of hydrogen-bond donors (Lipinski definition) is 2. The van der Waals surface area contributed by atoms with Gasteiger partial charge in [0, 0.05) is 26.1 Å². The van der Waals surface area contributed by atoms with Crippen LogP contribution < -0.4 is 4.72 Å². The maximum absolute atomic E-state index is 13.7. The predicted octanol–water partition coefficient (Wildman–Crippen LogP) is 1.06. The molecule has 2 rings (SSSR count). The van der Waals surface area contributed by atoms with E-state index in [4.69, 9.17) is 5.11 Å². The van der Waals surface area contributed by atoms with Crippen LogP contribution in [0.5, 0.6) is 0 Å². The topological polar surface area (TPSA) is 104 Å². The first-order valence-corrected chi connectivity index (χ1v) is 8.77. The molecule has 1 aromatic carbocycles. The summed E-state index contributed by atoms with van der Waals surface area (Å²) >= 11 is 0. The SMILES string of the molecule is O=C(O)C1CC(=O)N(CCNS(=O)(=O)c2cc(C(F)(F)F)ccc2F)C1. The fourth-order valence-electron chi connectivity index (χ4n) is 2.43. The lowest BCUT2D eigenvalue weighted by atomic mass is 10.1. The Bertz CT molecular complexity index is 825. The van der Waals surface area contributed by atoms with Crippen LogP contribution in [0.4, 0.5) is 17.6 Å². The number of carbonyl (C=O) groups is 2. The van der Waals surface area contributed by atoms with E-state index in [-0.39, 0.29) is 25.6 Å². The van der Waals surface area contributed by atoms with Crippen molar-refractivity contribution >= 4 is 21.9 Å². The number of rotatable bonds is 6. The van der Waals surface area contributed by atoms with Crippen molar-refractivity contribution in [3.63, 3.8) is 0 Å². The molecule has 0 aromatic heterocycles. The molecule has 1 aliphatic heterocycles. The first-order valence-electron chi connectivity index (χ1n) is 7.29. The second-order valence-corrected chi connectivity index (χ2v) is 7.36. The molecule has 0 bridgehead atoms. The van der Waals surface area contributed by atoms with E-state index in [1.165, 1.54) is 0 Å². The van der Waals surface area contributed by atoms with Gasteiger partial charge in [0.25, 0.3) is 0 Å². The number of carbonyl (C=O) groups excluding carboxylic acids is 1. The number of sulfonamides is 1. The lowest BCUT2D eigenvalue weighted by Gasteiger charge is -2.16. The predicted molar refractivity (Wildman–Crippen MR) is 78.9 cm³/mol. The van der Waals surface area contributed by atoms with Crippen LogP contribution in [-0.4, -0.2) is 49.9 Å². The Morgan fingerprint density at radius 3 is 2.54 bits per heavy atom. The van der Waals surface area contributed by atoms with Gasteiger partial charge in [0.05, 0.1) is 11.5 Å². The van der Waals surface area contributed by atoms with Crippen LogP contribution >= 0.6 is 0 Å². The number of carboxylic acid groups (broad SMARTS) is 1. The van der Waals surface area contributed by atoms with Crippen LogP contribution in [0.25, 0.3) is 0 Å². The average molecular weight is 398 g/mol. The number of nitrogens with one attached hydrogen (secondary N) is 1. The standard InChI is InChI=1S/C14H14F4N2O5S/c15-10-2-1-9(14(16,17)18)6-11(10)26(24,25)19-3-4-20-7-8(13(22)23)5-12(20)21/h1-2,6,8,19H,3-5,7H2,(H,22,23). The maximum Gasteiger partial charge on any atom is 0.416 e. The molecule has 26 heavy (non-hydrogen) atoms. The van der Waals surface area contributed by atoms with Crippen molar-refractivity contribution in [2.75, 3.05) is 19.6 Å². The minimum absolute atomic E-state index is 0.103. The molecular weight excluding hydrogens is 384 g/mol. The Labute approximate surface area is 145 Å². The Hall–Kier alpha value is -2.21. The Kier molecular flexibility index (Phi) is 5.56. The number of alkyl halides is 3. The number of carboxylic acids is 1. The number of halogens is 4. The molecule has 0 spiro atoms. The molecule has 1 unspecified atom stereocenters. The molecule has 1 fully saturated rings. The van der Waals surface area contributed by atoms with Gasteiger partial charge in [-0.25, -0.2) is 17.5 Å². The van der Waals surface area contributed by atoms with Gasteiger partial charge in [-0.2, -0.15) is 13.2 Å². The van der Waals surface area contributed by atoms with Gasteiger partial charge in [-0.1, -0.05) is 0 Å². The first-order chi connectivity index (χ1) is 11.9. The summed E-state index contributed by atoms with van der Waals surface area (Å²) in [5.41, 5.74) is -1.32. The minimum atomic E-state index is -4.84. The van der Waals surface area contributed by atoms with E-state index in [2.05, 4.69) is 0 Å². The van der Waals surface area contributed by atoms with Gasteiger partial charge in [-0.3, -0.25) is 9.59 Å². The largest absolute Gasteiger partial charge is 0.481 e. The summed E-state index contributed by atoms with van der Waals surface area (Å²) in [4.78, 5) is 22.4. The third kappa shape index (κ3) is 4.49. The molecule has 144 valence electrons. The van der Waals surface area contributed by atoms with Gasteiger partial charge in [-0.05, 0) is 18.2 Å². The summed E-state index contributed by atoms with van der Waals surface area (Å²) < 4.78 is 77.6. The first kappa shape index (κ1) is 20.1. The number of amides is 1. The summed E-state index contributed by atoms with van der Waals surface area (Å²) in [6.07, 6.45) is -5.06. The number of aliphatic carboxylic acids is 1. The van der Waals surface area contributed by atoms with Crippen molar-refractivity contribution < 1.29 is 40.7 Å². The molecule has 1 heterocycles. The van der Waals surface area contributed by atoms with E-state index in [9.17, 15) is 35.6 Å². The summed E-state index contributed by atoms with van der Waals surface area (Å²) in [6, 6.07) is 1.00. The highest BCUT2D eigenvalue weighted by Crippen LogP contribution is 2.31. The third-order valence-electron chi connectivity index (χ3n) is 3.79. The molecule has 2 N–H and O–H groups in total. The van der Waals surface area contributed by atoms with Gasteiger partial charge < -0.3 is 10.0 Å². The monoisotopic (exact) mass is 398 g/mol. The molecule has 1 atom stereocenters. The highest BCUT2D eigenvalue weighted by molar-refractivity contribution is 7.89. The molecule has 7 nitrogen and oxygen atoms in total. The van der Waals surface area contributed by atoms with E-state index in [1.54, 1.807) is 0 Å². The molecule has 0 saturated carbocycles. The second kappa shape index (κ2) is 7.19. The van der Waals surface area contributed by atoms with Gasteiger partial charge in [0.1, 0.15) is 10.7 Å². The number of likely N-dealkylation sites (tertiary alicyclic amines) is 1. The number of hydrogen-bond acceptors (Lipinski definition) is 4. The van der Waals surface area contributed by atoms with Crippen LogP contribution in [0, 0.1) is 11.7 Å². The van der Waals surface area contributed by atoms with E-state index in [1.807, 2.05) is 4.72 Å². The van der Waals surface area contributed by atoms with Crippen LogP contribution in [0.2, 0.25) is 0 Å². The van der Waals surface area contributed by atoms with E-state index in [0.29, 0.717) is 12.1 Å². The average Bonchev–Trinajstić information content (AvgIpc) is 2.87. The zero-order valence-electron chi connectivity index (χ0n) is 13.1. The zero-order chi connectivity index (χ0) is 19.7. The Morgan fingerprint density at radius 2 is 2.00 bits per heavy atom. The summed E-state index contributed by atoms with van der Waals surface area (Å²) in [5, 5.41) is 8.85. The zero-order valence-corrected chi connectivity index (χ0v) is 13.9. The molecule has 1 amide bonds. The summed E-state index contributed by atoms with van der Waals surface area (Å²) in [5.74, 6) is -3.90. The molecular formula is C14H14F4N2O5S. The van der Waals surface area contributed by atoms with Gasteiger partial charge in [0.2, 0.25) is 15.9 Å². The van der Waals surface area contributed by atoms with Crippen molar-refractivity contribution in [2.24, 2.45) is 5.92 Å². The van der Waals surface area contributed by atoms with E-state index < -0.39 is 56.8 Å². The molecule has 0 aliphatic carbocycles. The lowest BCUT2D eigenvalue weighted by Crippen LogP contribution is -2.36. The highest BCUT2D eigenvalue weighted by Gasteiger charge is 2.35. The Balaban J connectivity index is 2.06. The fraction of sp³-hybridized carbons (Fsp3) is 0.429. The fourth-order valence-corrected chi connectivity index (χ4v) is 3.55.